The average Bonchev–Trinajstić information content (AvgIpc) is 3.00. The fourth-order valence-electron chi connectivity index (χ4n) is 2.57. The van der Waals surface area contributed by atoms with Gasteiger partial charge < -0.3 is 14.8 Å². The lowest BCUT2D eigenvalue weighted by atomic mass is 9.95. The maximum Gasteiger partial charge on any atom is 0.251 e. The molecule has 23 heavy (non-hydrogen) atoms. The second-order valence-corrected chi connectivity index (χ2v) is 5.81. The lowest BCUT2D eigenvalue weighted by molar-refractivity contribution is 0.0925. The summed E-state index contributed by atoms with van der Waals surface area (Å²) in [6.45, 7) is 4.19. The molecule has 0 radical (unpaired) electrons. The Kier molecular flexibility index (Phi) is 4.19. The fourth-order valence-corrected chi connectivity index (χ4v) is 2.57. The van der Waals surface area contributed by atoms with Gasteiger partial charge in [-0.1, -0.05) is 26.0 Å². The summed E-state index contributed by atoms with van der Waals surface area (Å²) < 4.78 is 23.6. The molecule has 2 aromatic carbocycles. The van der Waals surface area contributed by atoms with Gasteiger partial charge >= 0.3 is 0 Å². The quantitative estimate of drug-likeness (QED) is 0.936. The highest BCUT2D eigenvalue weighted by Crippen LogP contribution is 2.32. The first-order valence-electron chi connectivity index (χ1n) is 7.50. The number of ether oxygens (including phenoxy) is 2. The number of halogens is 1. The van der Waals surface area contributed by atoms with Crippen LogP contribution in [-0.4, -0.2) is 12.7 Å². The lowest BCUT2D eigenvalue weighted by Gasteiger charge is -2.23. The molecule has 3 rings (SSSR count). The molecule has 0 aliphatic carbocycles. The number of benzene rings is 2. The van der Waals surface area contributed by atoms with Gasteiger partial charge in [0, 0.05) is 5.56 Å². The molecular formula is C18H18FNO3. The van der Waals surface area contributed by atoms with Crippen molar-refractivity contribution in [3.8, 4) is 11.5 Å². The first-order chi connectivity index (χ1) is 11.0. The Hall–Kier alpha value is -2.56. The van der Waals surface area contributed by atoms with Crippen LogP contribution in [0.2, 0.25) is 0 Å². The number of fused-ring (bicyclic) bond motifs is 1. The number of carbonyl (C=O) groups excluding carboxylic acids is 1. The molecule has 0 aromatic heterocycles. The predicted molar refractivity (Wildman–Crippen MR) is 84.0 cm³/mol. The monoisotopic (exact) mass is 315 g/mol. The maximum atomic E-state index is 13.1. The zero-order valence-electron chi connectivity index (χ0n) is 13.0. The predicted octanol–water partition coefficient (Wildman–Crippen LogP) is 3.68. The van der Waals surface area contributed by atoms with Crippen molar-refractivity contribution < 1.29 is 18.7 Å². The minimum Gasteiger partial charge on any atom is -0.454 e. The molecule has 0 spiro atoms. The van der Waals surface area contributed by atoms with Crippen molar-refractivity contribution in [1.29, 1.82) is 0 Å². The van der Waals surface area contributed by atoms with Crippen LogP contribution in [0.5, 0.6) is 11.5 Å². The molecule has 2 aromatic rings. The van der Waals surface area contributed by atoms with Crippen LogP contribution in [0.25, 0.3) is 0 Å². The molecule has 0 bridgehead atoms. The number of hydrogen-bond donors (Lipinski definition) is 1. The Morgan fingerprint density at radius 2 is 1.78 bits per heavy atom. The van der Waals surface area contributed by atoms with E-state index < -0.39 is 0 Å². The van der Waals surface area contributed by atoms with Gasteiger partial charge in [0.2, 0.25) is 6.79 Å². The van der Waals surface area contributed by atoms with E-state index >= 15 is 0 Å². The molecule has 1 aliphatic rings. The molecule has 1 atom stereocenters. The molecule has 5 heteroatoms. The highest BCUT2D eigenvalue weighted by molar-refractivity contribution is 5.95. The van der Waals surface area contributed by atoms with Crippen molar-refractivity contribution in [1.82, 2.24) is 5.32 Å². The molecule has 0 fully saturated rings. The summed E-state index contributed by atoms with van der Waals surface area (Å²) >= 11 is 0. The Balaban J connectivity index is 1.80. The largest absolute Gasteiger partial charge is 0.454 e. The first kappa shape index (κ1) is 15.3. The van der Waals surface area contributed by atoms with E-state index in [2.05, 4.69) is 5.32 Å². The van der Waals surface area contributed by atoms with E-state index in [0.29, 0.717) is 17.1 Å². The van der Waals surface area contributed by atoms with Crippen LogP contribution in [-0.2, 0) is 0 Å². The Morgan fingerprint density at radius 3 is 2.48 bits per heavy atom. The van der Waals surface area contributed by atoms with Crippen molar-refractivity contribution in [2.24, 2.45) is 5.92 Å². The van der Waals surface area contributed by atoms with Crippen molar-refractivity contribution in [2.45, 2.75) is 19.9 Å². The molecule has 1 unspecified atom stereocenters. The molecule has 1 aliphatic heterocycles. The van der Waals surface area contributed by atoms with Gasteiger partial charge in [-0.2, -0.15) is 0 Å². The van der Waals surface area contributed by atoms with Crippen molar-refractivity contribution >= 4 is 5.91 Å². The number of amides is 1. The van der Waals surface area contributed by atoms with Gasteiger partial charge in [0.25, 0.3) is 5.91 Å². The van der Waals surface area contributed by atoms with Crippen LogP contribution in [0.15, 0.2) is 42.5 Å². The summed E-state index contributed by atoms with van der Waals surface area (Å²) in [6.07, 6.45) is 0. The van der Waals surface area contributed by atoms with Crippen LogP contribution < -0.4 is 14.8 Å². The molecule has 1 heterocycles. The van der Waals surface area contributed by atoms with Gasteiger partial charge in [0.1, 0.15) is 5.82 Å². The standard InChI is InChI=1S/C18H18FNO3/c1-11(2)17(12-3-6-14(19)7-4-12)20-18(21)13-5-8-15-16(9-13)23-10-22-15/h3-9,11,17H,10H2,1-2H3,(H,20,21). The van der Waals surface area contributed by atoms with E-state index in [4.69, 9.17) is 9.47 Å². The normalized spacial score (nSPS) is 13.9. The SMILES string of the molecule is CC(C)C(NC(=O)c1ccc2c(c1)OCO2)c1ccc(F)cc1. The van der Waals surface area contributed by atoms with Crippen LogP contribution >= 0.6 is 0 Å². The van der Waals surface area contributed by atoms with E-state index in [1.54, 1.807) is 30.3 Å². The molecular weight excluding hydrogens is 297 g/mol. The fraction of sp³-hybridized carbons (Fsp3) is 0.278. The van der Waals surface area contributed by atoms with Crippen LogP contribution in [0.1, 0.15) is 35.8 Å². The number of hydrogen-bond acceptors (Lipinski definition) is 3. The highest BCUT2D eigenvalue weighted by atomic mass is 19.1. The zero-order chi connectivity index (χ0) is 16.4. The van der Waals surface area contributed by atoms with Crippen LogP contribution in [0.3, 0.4) is 0 Å². The highest BCUT2D eigenvalue weighted by Gasteiger charge is 2.21. The van der Waals surface area contributed by atoms with Gasteiger partial charge in [-0.3, -0.25) is 4.79 Å². The minimum absolute atomic E-state index is 0.165. The third kappa shape index (κ3) is 3.28. The van der Waals surface area contributed by atoms with Crippen molar-refractivity contribution in [3.63, 3.8) is 0 Å². The molecule has 0 saturated carbocycles. The lowest BCUT2D eigenvalue weighted by Crippen LogP contribution is -2.31. The Labute approximate surface area is 134 Å². The van der Waals surface area contributed by atoms with E-state index in [1.165, 1.54) is 12.1 Å². The van der Waals surface area contributed by atoms with Crippen LogP contribution in [0, 0.1) is 11.7 Å². The minimum atomic E-state index is -0.293. The van der Waals surface area contributed by atoms with Gasteiger partial charge in [-0.05, 0) is 41.8 Å². The summed E-state index contributed by atoms with van der Waals surface area (Å²) in [5, 5.41) is 3.00. The van der Waals surface area contributed by atoms with E-state index in [0.717, 1.165) is 5.56 Å². The molecule has 1 N–H and O–H groups in total. The zero-order valence-corrected chi connectivity index (χ0v) is 13.0. The summed E-state index contributed by atoms with van der Waals surface area (Å²) in [4.78, 5) is 12.5. The van der Waals surface area contributed by atoms with Gasteiger partial charge in [-0.15, -0.1) is 0 Å². The Bertz CT molecular complexity index is 713. The average molecular weight is 315 g/mol. The van der Waals surface area contributed by atoms with Gasteiger partial charge in [0.15, 0.2) is 11.5 Å². The molecule has 0 saturated heterocycles. The summed E-state index contributed by atoms with van der Waals surface area (Å²) in [6, 6.07) is 11.1. The molecule has 120 valence electrons. The van der Waals surface area contributed by atoms with E-state index in [9.17, 15) is 9.18 Å². The third-order valence-electron chi connectivity index (χ3n) is 3.82. The van der Waals surface area contributed by atoms with E-state index in [-0.39, 0.29) is 30.5 Å². The van der Waals surface area contributed by atoms with Gasteiger partial charge in [0.05, 0.1) is 6.04 Å². The summed E-state index contributed by atoms with van der Waals surface area (Å²) in [7, 11) is 0. The number of carbonyl (C=O) groups is 1. The van der Waals surface area contributed by atoms with Gasteiger partial charge in [-0.25, -0.2) is 4.39 Å². The number of rotatable bonds is 4. The van der Waals surface area contributed by atoms with Crippen molar-refractivity contribution in [3.05, 3.63) is 59.4 Å². The van der Waals surface area contributed by atoms with Crippen molar-refractivity contribution in [2.75, 3.05) is 6.79 Å². The van der Waals surface area contributed by atoms with E-state index in [1.807, 2.05) is 13.8 Å². The first-order valence-corrected chi connectivity index (χ1v) is 7.50. The summed E-state index contributed by atoms with van der Waals surface area (Å²) in [5.74, 6) is 0.879. The third-order valence-corrected chi connectivity index (χ3v) is 3.82. The molecule has 4 nitrogen and oxygen atoms in total. The maximum absolute atomic E-state index is 13.1. The number of nitrogens with one attached hydrogen (secondary N) is 1. The van der Waals surface area contributed by atoms with Crippen LogP contribution in [0.4, 0.5) is 4.39 Å². The topological polar surface area (TPSA) is 47.6 Å². The second kappa shape index (κ2) is 6.28. The second-order valence-electron chi connectivity index (χ2n) is 5.81. The summed E-state index contributed by atoms with van der Waals surface area (Å²) in [5.41, 5.74) is 1.37. The molecule has 1 amide bonds. The smallest absolute Gasteiger partial charge is 0.251 e. The Morgan fingerprint density at radius 1 is 1.09 bits per heavy atom.